The molecule has 0 spiro atoms. The van der Waals surface area contributed by atoms with Crippen LogP contribution in [0.25, 0.3) is 0 Å². The first-order chi connectivity index (χ1) is 8.95. The second kappa shape index (κ2) is 5.41. The van der Waals surface area contributed by atoms with E-state index < -0.39 is 0 Å². The molecule has 2 aromatic rings. The summed E-state index contributed by atoms with van der Waals surface area (Å²) in [4.78, 5) is 12.1. The number of anilines is 1. The summed E-state index contributed by atoms with van der Waals surface area (Å²) in [6.07, 6.45) is 0.128. The van der Waals surface area contributed by atoms with Gasteiger partial charge in [0.25, 0.3) is 0 Å². The van der Waals surface area contributed by atoms with E-state index in [2.05, 4.69) is 0 Å². The minimum Gasteiger partial charge on any atom is -0.399 e. The molecule has 98 valence electrons. The number of carbonyl (C=O) groups excluding carboxylic acids is 1. The Labute approximate surface area is 116 Å². The molecule has 2 N–H and O–H groups in total. The molecule has 0 aliphatic heterocycles. The lowest BCUT2D eigenvalue weighted by Gasteiger charge is -2.06. The SMILES string of the molecule is Cc1ccc(F)cc1CC(=O)c1cc(N)cc(Cl)c1. The van der Waals surface area contributed by atoms with E-state index in [0.29, 0.717) is 21.8 Å². The highest BCUT2D eigenvalue weighted by Gasteiger charge is 2.11. The largest absolute Gasteiger partial charge is 0.399 e. The molecule has 0 aliphatic rings. The van der Waals surface area contributed by atoms with Gasteiger partial charge in [-0.3, -0.25) is 4.79 Å². The predicted molar refractivity (Wildman–Crippen MR) is 75.0 cm³/mol. The molecule has 0 aliphatic carbocycles. The number of carbonyl (C=O) groups is 1. The topological polar surface area (TPSA) is 43.1 Å². The van der Waals surface area contributed by atoms with Crippen LogP contribution < -0.4 is 5.73 Å². The summed E-state index contributed by atoms with van der Waals surface area (Å²) in [7, 11) is 0. The predicted octanol–water partition coefficient (Wildman–Crippen LogP) is 3.80. The van der Waals surface area contributed by atoms with Crippen LogP contribution in [0.1, 0.15) is 21.5 Å². The molecule has 19 heavy (non-hydrogen) atoms. The molecule has 0 unspecified atom stereocenters. The fourth-order valence-electron chi connectivity index (χ4n) is 1.88. The Morgan fingerprint density at radius 2 is 2.00 bits per heavy atom. The Hall–Kier alpha value is -1.87. The number of ketones is 1. The Morgan fingerprint density at radius 1 is 1.26 bits per heavy atom. The maximum absolute atomic E-state index is 13.2. The van der Waals surface area contributed by atoms with Crippen LogP contribution in [0.5, 0.6) is 0 Å². The van der Waals surface area contributed by atoms with E-state index in [4.69, 9.17) is 17.3 Å². The lowest BCUT2D eigenvalue weighted by molar-refractivity contribution is 0.0993. The minimum atomic E-state index is -0.348. The van der Waals surface area contributed by atoms with Gasteiger partial charge in [0, 0.05) is 22.7 Å². The van der Waals surface area contributed by atoms with E-state index in [1.807, 2.05) is 6.92 Å². The lowest BCUT2D eigenvalue weighted by Crippen LogP contribution is -2.06. The quantitative estimate of drug-likeness (QED) is 0.685. The summed E-state index contributed by atoms with van der Waals surface area (Å²) in [5, 5.41) is 0.416. The van der Waals surface area contributed by atoms with Gasteiger partial charge in [-0.05, 0) is 48.4 Å². The van der Waals surface area contributed by atoms with Gasteiger partial charge in [-0.2, -0.15) is 0 Å². The Bertz CT molecular complexity index is 620. The van der Waals surface area contributed by atoms with Crippen LogP contribution in [-0.4, -0.2) is 5.78 Å². The zero-order valence-corrected chi connectivity index (χ0v) is 11.2. The number of hydrogen-bond donors (Lipinski definition) is 1. The first-order valence-electron chi connectivity index (χ1n) is 5.80. The number of nitrogen functional groups attached to an aromatic ring is 1. The first kappa shape index (κ1) is 13.6. The molecule has 0 bridgehead atoms. The van der Waals surface area contributed by atoms with E-state index in [-0.39, 0.29) is 18.0 Å². The van der Waals surface area contributed by atoms with E-state index in [1.165, 1.54) is 12.1 Å². The van der Waals surface area contributed by atoms with Gasteiger partial charge in [-0.1, -0.05) is 17.7 Å². The fourth-order valence-corrected chi connectivity index (χ4v) is 2.12. The van der Waals surface area contributed by atoms with Gasteiger partial charge in [-0.15, -0.1) is 0 Å². The van der Waals surface area contributed by atoms with Crippen molar-refractivity contribution in [3.8, 4) is 0 Å². The van der Waals surface area contributed by atoms with E-state index in [9.17, 15) is 9.18 Å². The molecular formula is C15H13ClFNO. The highest BCUT2D eigenvalue weighted by Crippen LogP contribution is 2.19. The molecule has 4 heteroatoms. The minimum absolute atomic E-state index is 0.128. The highest BCUT2D eigenvalue weighted by atomic mass is 35.5. The number of rotatable bonds is 3. The smallest absolute Gasteiger partial charge is 0.167 e. The first-order valence-corrected chi connectivity index (χ1v) is 6.18. The molecule has 2 nitrogen and oxygen atoms in total. The van der Waals surface area contributed by atoms with Gasteiger partial charge in [0.05, 0.1) is 0 Å². The van der Waals surface area contributed by atoms with Crippen LogP contribution in [0.2, 0.25) is 5.02 Å². The van der Waals surface area contributed by atoms with Crippen LogP contribution in [0.15, 0.2) is 36.4 Å². The van der Waals surface area contributed by atoms with Crippen LogP contribution in [0, 0.1) is 12.7 Å². The molecule has 0 saturated carbocycles. The van der Waals surface area contributed by atoms with Gasteiger partial charge in [-0.25, -0.2) is 4.39 Å². The van der Waals surface area contributed by atoms with Gasteiger partial charge in [0.15, 0.2) is 5.78 Å². The summed E-state index contributed by atoms with van der Waals surface area (Å²) in [6, 6.07) is 9.12. The van der Waals surface area contributed by atoms with Crippen molar-refractivity contribution in [2.24, 2.45) is 0 Å². The maximum Gasteiger partial charge on any atom is 0.167 e. The van der Waals surface area contributed by atoms with Crippen LogP contribution in [0.4, 0.5) is 10.1 Å². The maximum atomic E-state index is 13.2. The molecule has 0 aromatic heterocycles. The van der Waals surface area contributed by atoms with Crippen molar-refractivity contribution >= 4 is 23.1 Å². The molecule has 0 saturated heterocycles. The molecule has 0 heterocycles. The summed E-state index contributed by atoms with van der Waals surface area (Å²) in [5.41, 5.74) is 8.07. The van der Waals surface area contributed by atoms with E-state index in [0.717, 1.165) is 5.56 Å². The zero-order chi connectivity index (χ0) is 14.0. The third-order valence-corrected chi connectivity index (χ3v) is 3.12. The Balaban J connectivity index is 2.28. The average molecular weight is 278 g/mol. The number of aryl methyl sites for hydroxylation is 1. The van der Waals surface area contributed by atoms with E-state index >= 15 is 0 Å². The third kappa shape index (κ3) is 3.32. The van der Waals surface area contributed by atoms with Crippen molar-refractivity contribution in [3.05, 3.63) is 63.9 Å². The Kier molecular flexibility index (Phi) is 3.86. The van der Waals surface area contributed by atoms with Crippen molar-refractivity contribution < 1.29 is 9.18 Å². The third-order valence-electron chi connectivity index (χ3n) is 2.90. The van der Waals surface area contributed by atoms with Gasteiger partial charge < -0.3 is 5.73 Å². The molecule has 0 radical (unpaired) electrons. The highest BCUT2D eigenvalue weighted by molar-refractivity contribution is 6.31. The van der Waals surface area contributed by atoms with Gasteiger partial charge in [0.1, 0.15) is 5.82 Å². The van der Waals surface area contributed by atoms with Crippen LogP contribution >= 0.6 is 11.6 Å². The monoisotopic (exact) mass is 277 g/mol. The second-order valence-electron chi connectivity index (χ2n) is 4.44. The van der Waals surface area contributed by atoms with Gasteiger partial charge >= 0.3 is 0 Å². The molecule has 2 rings (SSSR count). The number of hydrogen-bond acceptors (Lipinski definition) is 2. The molecular weight excluding hydrogens is 265 g/mol. The Morgan fingerprint density at radius 3 is 2.68 bits per heavy atom. The zero-order valence-electron chi connectivity index (χ0n) is 10.4. The van der Waals surface area contributed by atoms with Crippen LogP contribution in [0.3, 0.4) is 0 Å². The van der Waals surface area contributed by atoms with Crippen molar-refractivity contribution in [2.45, 2.75) is 13.3 Å². The lowest BCUT2D eigenvalue weighted by atomic mass is 9.99. The van der Waals surface area contributed by atoms with Gasteiger partial charge in [0.2, 0.25) is 0 Å². The number of Topliss-reactive ketones (excluding diaryl/α,β-unsaturated/α-hetero) is 1. The normalized spacial score (nSPS) is 10.5. The second-order valence-corrected chi connectivity index (χ2v) is 4.88. The number of nitrogens with two attached hydrogens (primary N) is 1. The molecule has 2 aromatic carbocycles. The fraction of sp³-hybridized carbons (Fsp3) is 0.133. The summed E-state index contributed by atoms with van der Waals surface area (Å²) in [5.74, 6) is -0.484. The summed E-state index contributed by atoms with van der Waals surface area (Å²) < 4.78 is 13.2. The molecule has 0 atom stereocenters. The molecule has 0 fully saturated rings. The van der Waals surface area contributed by atoms with Crippen molar-refractivity contribution in [1.82, 2.24) is 0 Å². The average Bonchev–Trinajstić information content (AvgIpc) is 2.32. The van der Waals surface area contributed by atoms with E-state index in [1.54, 1.807) is 24.3 Å². The van der Waals surface area contributed by atoms with Crippen molar-refractivity contribution in [1.29, 1.82) is 0 Å². The summed E-state index contributed by atoms with van der Waals surface area (Å²) in [6.45, 7) is 1.84. The number of halogens is 2. The summed E-state index contributed by atoms with van der Waals surface area (Å²) >= 11 is 5.86. The van der Waals surface area contributed by atoms with Crippen LogP contribution in [-0.2, 0) is 6.42 Å². The standard InChI is InChI=1S/C15H13ClFNO/c1-9-2-3-13(17)5-10(9)7-15(19)11-4-12(16)8-14(18)6-11/h2-6,8H,7,18H2,1H3. The van der Waals surface area contributed by atoms with Crippen molar-refractivity contribution in [2.75, 3.05) is 5.73 Å². The molecule has 0 amide bonds. The van der Waals surface area contributed by atoms with Crippen molar-refractivity contribution in [3.63, 3.8) is 0 Å². The number of benzene rings is 2.